The number of carbonyl (C=O) groups is 4. The summed E-state index contributed by atoms with van der Waals surface area (Å²) in [5, 5.41) is 0. The minimum atomic E-state index is -2.09. The van der Waals surface area contributed by atoms with Crippen molar-refractivity contribution in [1.29, 1.82) is 0 Å². The smallest absolute Gasteiger partial charge is 0.241 e. The highest BCUT2D eigenvalue weighted by molar-refractivity contribution is 6.37. The molecule has 3 atom stereocenters. The first-order valence-electron chi connectivity index (χ1n) is 11.3. The number of Topliss-reactive ketones (excluding diaryl/α,β-unsaturated/α-hetero) is 2. The quantitative estimate of drug-likeness (QED) is 0.431. The Bertz CT molecular complexity index is 1390. The minimum Gasteiger partial charge on any atom is -0.495 e. The van der Waals surface area contributed by atoms with Crippen LogP contribution in [0.3, 0.4) is 0 Å². The van der Waals surface area contributed by atoms with E-state index in [-0.39, 0.29) is 16.8 Å². The largest absolute Gasteiger partial charge is 0.495 e. The van der Waals surface area contributed by atoms with Crippen LogP contribution in [0.4, 0.5) is 5.69 Å². The van der Waals surface area contributed by atoms with E-state index in [9.17, 15) is 19.2 Å². The fraction of sp³-hybridized carbons (Fsp3) is 0.214. The predicted molar refractivity (Wildman–Crippen MR) is 125 cm³/mol. The van der Waals surface area contributed by atoms with Gasteiger partial charge in [-0.1, -0.05) is 66.2 Å². The molecule has 6 rings (SSSR count). The van der Waals surface area contributed by atoms with Crippen LogP contribution >= 0.6 is 0 Å². The lowest BCUT2D eigenvalue weighted by atomic mass is 9.77. The second kappa shape index (κ2) is 7.45. The fourth-order valence-corrected chi connectivity index (χ4v) is 5.63. The highest BCUT2D eigenvalue weighted by Crippen LogP contribution is 2.58. The van der Waals surface area contributed by atoms with Gasteiger partial charge >= 0.3 is 0 Å². The van der Waals surface area contributed by atoms with Gasteiger partial charge in [-0.3, -0.25) is 19.2 Å². The van der Waals surface area contributed by atoms with Gasteiger partial charge in [0.15, 0.2) is 0 Å². The van der Waals surface area contributed by atoms with Crippen molar-refractivity contribution in [1.82, 2.24) is 0 Å². The van der Waals surface area contributed by atoms with Crippen LogP contribution in [-0.2, 0) is 14.3 Å². The molecular formula is C28H21NO6. The summed E-state index contributed by atoms with van der Waals surface area (Å²) in [6.07, 6.45) is -0.945. The van der Waals surface area contributed by atoms with Crippen molar-refractivity contribution in [2.75, 3.05) is 12.0 Å². The molecule has 7 nitrogen and oxygen atoms in total. The summed E-state index contributed by atoms with van der Waals surface area (Å²) in [6, 6.07) is 20.5. The number of hydrogen-bond donors (Lipinski definition) is 0. The number of aryl methyl sites for hydroxylation is 1. The molecule has 174 valence electrons. The number of fused-ring (bicyclic) bond motifs is 3. The molecule has 0 radical (unpaired) electrons. The zero-order chi connectivity index (χ0) is 24.5. The second-order valence-electron chi connectivity index (χ2n) is 9.08. The molecule has 0 aromatic heterocycles. The summed E-state index contributed by atoms with van der Waals surface area (Å²) < 4.78 is 11.7. The number of hydrogen-bond acceptors (Lipinski definition) is 6. The monoisotopic (exact) mass is 467 g/mol. The third-order valence-electron chi connectivity index (χ3n) is 7.25. The summed E-state index contributed by atoms with van der Waals surface area (Å²) in [6.45, 7) is 1.93. The minimum absolute atomic E-state index is 0.205. The number of benzene rings is 3. The van der Waals surface area contributed by atoms with E-state index < -0.39 is 46.9 Å². The van der Waals surface area contributed by atoms with Crippen LogP contribution in [0.5, 0.6) is 5.75 Å². The van der Waals surface area contributed by atoms with Crippen LogP contribution in [0.25, 0.3) is 0 Å². The van der Waals surface area contributed by atoms with Crippen molar-refractivity contribution in [2.45, 2.75) is 18.6 Å². The average molecular weight is 467 g/mol. The third kappa shape index (κ3) is 2.70. The number of para-hydroxylation sites is 2. The highest BCUT2D eigenvalue weighted by atomic mass is 16.5. The number of amides is 2. The van der Waals surface area contributed by atoms with E-state index in [1.54, 1.807) is 60.7 Å². The number of ether oxygens (including phenoxy) is 2. The molecule has 2 amide bonds. The van der Waals surface area contributed by atoms with E-state index in [0.29, 0.717) is 11.3 Å². The van der Waals surface area contributed by atoms with E-state index in [1.165, 1.54) is 7.11 Å². The molecule has 7 heteroatoms. The fourth-order valence-electron chi connectivity index (χ4n) is 5.63. The van der Waals surface area contributed by atoms with E-state index >= 15 is 0 Å². The van der Waals surface area contributed by atoms with Crippen LogP contribution < -0.4 is 9.64 Å². The molecule has 3 aliphatic rings. The summed E-state index contributed by atoms with van der Waals surface area (Å²) in [5.41, 5.74) is 0.221. The van der Waals surface area contributed by atoms with Gasteiger partial charge in [0.05, 0.1) is 30.7 Å². The number of nitrogens with zero attached hydrogens (tertiary/aromatic N) is 1. The first-order chi connectivity index (χ1) is 16.9. The highest BCUT2D eigenvalue weighted by Gasteiger charge is 2.74. The Morgan fingerprint density at radius 2 is 1.40 bits per heavy atom. The van der Waals surface area contributed by atoms with Gasteiger partial charge in [-0.2, -0.15) is 0 Å². The molecule has 0 bridgehead atoms. The lowest BCUT2D eigenvalue weighted by molar-refractivity contribution is -0.127. The number of ketones is 2. The number of anilines is 1. The van der Waals surface area contributed by atoms with E-state index in [4.69, 9.17) is 9.47 Å². The molecule has 0 saturated carbocycles. The number of methoxy groups -OCH3 is 1. The maximum absolute atomic E-state index is 14.0. The second-order valence-corrected chi connectivity index (χ2v) is 9.08. The normalized spacial score (nSPS) is 24.3. The third-order valence-corrected chi connectivity index (χ3v) is 7.25. The lowest BCUT2D eigenvalue weighted by Gasteiger charge is -2.27. The summed E-state index contributed by atoms with van der Waals surface area (Å²) in [4.78, 5) is 56.4. The van der Waals surface area contributed by atoms with Gasteiger partial charge in [0.25, 0.3) is 0 Å². The SMILES string of the molecule is COc1ccccc1N1C(=O)[C@@H]2[C@@H](C1=O)C1(O[C@H]2c2ccc(C)cc2)C(=O)c2ccccc2C1=O. The van der Waals surface area contributed by atoms with Crippen molar-refractivity contribution >= 4 is 29.1 Å². The van der Waals surface area contributed by atoms with Crippen LogP contribution in [0.1, 0.15) is 37.9 Å². The van der Waals surface area contributed by atoms with Crippen LogP contribution in [0.2, 0.25) is 0 Å². The van der Waals surface area contributed by atoms with Gasteiger partial charge in [-0.15, -0.1) is 0 Å². The molecule has 2 aliphatic heterocycles. The molecule has 35 heavy (non-hydrogen) atoms. The Balaban J connectivity index is 1.55. The van der Waals surface area contributed by atoms with Gasteiger partial charge < -0.3 is 9.47 Å². The van der Waals surface area contributed by atoms with E-state index in [1.807, 2.05) is 19.1 Å². The molecule has 3 aromatic rings. The zero-order valence-electron chi connectivity index (χ0n) is 19.1. The van der Waals surface area contributed by atoms with Crippen LogP contribution in [0, 0.1) is 18.8 Å². The Hall–Kier alpha value is -4.10. The maximum atomic E-state index is 14.0. The van der Waals surface area contributed by atoms with Crippen molar-refractivity contribution < 1.29 is 28.7 Å². The summed E-state index contributed by atoms with van der Waals surface area (Å²) >= 11 is 0. The molecule has 1 aliphatic carbocycles. The standard InChI is InChI=1S/C28H21NO6/c1-15-11-13-16(14-12-15)23-21-22(27(33)29(26(21)32)19-9-5-6-10-20(19)34-2)28(35-23)24(30)17-7-3-4-8-18(17)25(28)31/h3-14,21-23H,1-2H3/t21-,22+,23+/m1/s1. The van der Waals surface area contributed by atoms with E-state index in [0.717, 1.165) is 10.5 Å². The molecule has 0 N–H and O–H groups in total. The number of carbonyl (C=O) groups excluding carboxylic acids is 4. The number of rotatable bonds is 3. The Morgan fingerprint density at radius 1 is 0.800 bits per heavy atom. The molecule has 2 saturated heterocycles. The van der Waals surface area contributed by atoms with Crippen molar-refractivity contribution in [3.63, 3.8) is 0 Å². The molecule has 2 fully saturated rings. The predicted octanol–water partition coefficient (Wildman–Crippen LogP) is 3.70. The summed E-state index contributed by atoms with van der Waals surface area (Å²) in [7, 11) is 1.45. The molecular weight excluding hydrogens is 446 g/mol. The van der Waals surface area contributed by atoms with Crippen molar-refractivity contribution in [3.8, 4) is 5.75 Å². The molecule has 3 aromatic carbocycles. The zero-order valence-corrected chi connectivity index (χ0v) is 19.1. The molecule has 0 unspecified atom stereocenters. The van der Waals surface area contributed by atoms with E-state index in [2.05, 4.69) is 0 Å². The number of imide groups is 1. The maximum Gasteiger partial charge on any atom is 0.241 e. The first-order valence-corrected chi connectivity index (χ1v) is 11.3. The van der Waals surface area contributed by atoms with Gasteiger partial charge in [-0.25, -0.2) is 4.90 Å². The van der Waals surface area contributed by atoms with Crippen LogP contribution in [0.15, 0.2) is 72.8 Å². The Kier molecular flexibility index (Phi) is 4.56. The van der Waals surface area contributed by atoms with Gasteiger partial charge in [0.1, 0.15) is 5.75 Å². The molecule has 1 spiro atoms. The van der Waals surface area contributed by atoms with Gasteiger partial charge in [-0.05, 0) is 24.6 Å². The topological polar surface area (TPSA) is 90.0 Å². The van der Waals surface area contributed by atoms with Gasteiger partial charge in [0, 0.05) is 11.1 Å². The van der Waals surface area contributed by atoms with Gasteiger partial charge in [0.2, 0.25) is 29.0 Å². The van der Waals surface area contributed by atoms with Crippen molar-refractivity contribution in [2.24, 2.45) is 11.8 Å². The molecule has 2 heterocycles. The van der Waals surface area contributed by atoms with Crippen LogP contribution in [-0.4, -0.2) is 36.1 Å². The average Bonchev–Trinajstić information content (AvgIpc) is 3.44. The Labute approximate surface area is 201 Å². The first kappa shape index (κ1) is 21.4. The Morgan fingerprint density at radius 3 is 2.03 bits per heavy atom. The van der Waals surface area contributed by atoms with Crippen molar-refractivity contribution in [3.05, 3.63) is 95.1 Å². The lowest BCUT2D eigenvalue weighted by Crippen LogP contribution is -2.51. The summed E-state index contributed by atoms with van der Waals surface area (Å²) in [5.74, 6) is -4.33.